The number of nitrogens with one attached hydrogen (secondary N) is 1. The minimum Gasteiger partial charge on any atom is -0.465 e. The maximum Gasteiger partial charge on any atom is 0.339 e. The van der Waals surface area contributed by atoms with Crippen LogP contribution in [-0.2, 0) is 24.3 Å². The summed E-state index contributed by atoms with van der Waals surface area (Å²) in [4.78, 5) is 36.5. The molecule has 0 saturated carbocycles. The average molecular weight is 489 g/mol. The van der Waals surface area contributed by atoms with E-state index >= 15 is 0 Å². The number of hydrogen-bond donors (Lipinski definition) is 1. The van der Waals surface area contributed by atoms with Gasteiger partial charge in [-0.1, -0.05) is 23.2 Å². The second-order valence-corrected chi connectivity index (χ2v) is 8.88. The monoisotopic (exact) mass is 488 g/mol. The van der Waals surface area contributed by atoms with E-state index in [2.05, 4.69) is 14.8 Å². The van der Waals surface area contributed by atoms with Gasteiger partial charge in [0.1, 0.15) is 6.54 Å². The molecule has 166 valence electrons. The summed E-state index contributed by atoms with van der Waals surface area (Å²) in [6.45, 7) is -0.639. The molecule has 2 aromatic rings. The van der Waals surface area contributed by atoms with E-state index in [4.69, 9.17) is 23.2 Å². The number of carbonyl (C=O) groups is 3. The van der Waals surface area contributed by atoms with Crippen LogP contribution < -0.4 is 9.62 Å². The standard InChI is InChI=1S/C19H18Cl2N2O7S/c1-29-18(25)11-4-6-13(19(26)30-2)16(8-11)22-17(24)10-23(31(3,27)28)12-5-7-14(20)15(21)9-12/h4-9H,10H2,1-3H3,(H,22,24). The number of rotatable bonds is 7. The summed E-state index contributed by atoms with van der Waals surface area (Å²) in [5, 5.41) is 2.75. The van der Waals surface area contributed by atoms with Crippen LogP contribution in [0.1, 0.15) is 20.7 Å². The fraction of sp³-hybridized carbons (Fsp3) is 0.211. The molecule has 0 heterocycles. The number of anilines is 2. The molecule has 1 amide bonds. The third-order valence-corrected chi connectivity index (χ3v) is 5.88. The third kappa shape index (κ3) is 6.09. The molecule has 0 aromatic heterocycles. The highest BCUT2D eigenvalue weighted by molar-refractivity contribution is 7.92. The molecule has 1 N–H and O–H groups in total. The van der Waals surface area contributed by atoms with E-state index in [0.717, 1.165) is 17.7 Å². The first kappa shape index (κ1) is 24.4. The topological polar surface area (TPSA) is 119 Å². The number of methoxy groups -OCH3 is 2. The average Bonchev–Trinajstić information content (AvgIpc) is 2.72. The van der Waals surface area contributed by atoms with Gasteiger partial charge in [0.25, 0.3) is 0 Å². The Bertz CT molecular complexity index is 1140. The normalized spacial score (nSPS) is 10.9. The minimum atomic E-state index is -3.89. The molecule has 31 heavy (non-hydrogen) atoms. The Kier molecular flexibility index (Phi) is 7.88. The van der Waals surface area contributed by atoms with Gasteiger partial charge in [0.15, 0.2) is 0 Å². The number of esters is 2. The zero-order valence-corrected chi connectivity index (χ0v) is 19.0. The molecule has 2 rings (SSSR count). The van der Waals surface area contributed by atoms with Crippen LogP contribution in [0.2, 0.25) is 10.0 Å². The van der Waals surface area contributed by atoms with Crippen LogP contribution in [-0.4, -0.2) is 53.3 Å². The molecular formula is C19H18Cl2N2O7S. The van der Waals surface area contributed by atoms with Gasteiger partial charge in [0, 0.05) is 0 Å². The van der Waals surface area contributed by atoms with Crippen LogP contribution >= 0.6 is 23.2 Å². The summed E-state index contributed by atoms with van der Waals surface area (Å²) < 4.78 is 34.6. The van der Waals surface area contributed by atoms with E-state index in [0.29, 0.717) is 0 Å². The van der Waals surface area contributed by atoms with E-state index in [-0.39, 0.29) is 32.5 Å². The van der Waals surface area contributed by atoms with Gasteiger partial charge in [0.05, 0.1) is 53.0 Å². The van der Waals surface area contributed by atoms with Gasteiger partial charge in [-0.15, -0.1) is 0 Å². The Labute approximate surface area is 188 Å². The van der Waals surface area contributed by atoms with Crippen LogP contribution in [0.4, 0.5) is 11.4 Å². The predicted molar refractivity (Wildman–Crippen MR) is 116 cm³/mol. The number of ether oxygens (including phenoxy) is 2. The Morgan fingerprint density at radius 3 is 2.16 bits per heavy atom. The van der Waals surface area contributed by atoms with Gasteiger partial charge < -0.3 is 14.8 Å². The van der Waals surface area contributed by atoms with Crippen LogP contribution in [0.3, 0.4) is 0 Å². The molecule has 0 aliphatic heterocycles. The molecule has 0 atom stereocenters. The van der Waals surface area contributed by atoms with Crippen LogP contribution in [0, 0.1) is 0 Å². The van der Waals surface area contributed by atoms with Crippen molar-refractivity contribution in [1.29, 1.82) is 0 Å². The lowest BCUT2D eigenvalue weighted by Gasteiger charge is -2.22. The quantitative estimate of drug-likeness (QED) is 0.594. The number of hydrogen-bond acceptors (Lipinski definition) is 7. The molecule has 0 aliphatic rings. The second-order valence-electron chi connectivity index (χ2n) is 6.16. The summed E-state index contributed by atoms with van der Waals surface area (Å²) in [7, 11) is -1.56. The molecule has 0 unspecified atom stereocenters. The van der Waals surface area contributed by atoms with Crippen LogP contribution in [0.25, 0.3) is 0 Å². The Balaban J connectivity index is 2.38. The highest BCUT2D eigenvalue weighted by atomic mass is 35.5. The van der Waals surface area contributed by atoms with Gasteiger partial charge in [-0.2, -0.15) is 0 Å². The minimum absolute atomic E-state index is 0.0380. The number of halogens is 2. The lowest BCUT2D eigenvalue weighted by atomic mass is 10.1. The van der Waals surface area contributed by atoms with E-state index in [1.54, 1.807) is 0 Å². The lowest BCUT2D eigenvalue weighted by molar-refractivity contribution is -0.114. The highest BCUT2D eigenvalue weighted by Crippen LogP contribution is 2.28. The summed E-state index contributed by atoms with van der Waals surface area (Å²) in [5.41, 5.74) is 0.0877. The summed E-state index contributed by atoms with van der Waals surface area (Å²) in [6.07, 6.45) is 0.917. The maximum atomic E-state index is 12.7. The number of carbonyl (C=O) groups excluding carboxylic acids is 3. The van der Waals surface area contributed by atoms with Crippen LogP contribution in [0.5, 0.6) is 0 Å². The van der Waals surface area contributed by atoms with Gasteiger partial charge in [0.2, 0.25) is 15.9 Å². The summed E-state index contributed by atoms with van der Waals surface area (Å²) in [6, 6.07) is 7.91. The Morgan fingerprint density at radius 1 is 0.968 bits per heavy atom. The number of nitrogens with zero attached hydrogens (tertiary/aromatic N) is 1. The number of amides is 1. The smallest absolute Gasteiger partial charge is 0.339 e. The van der Waals surface area contributed by atoms with Crippen molar-refractivity contribution in [2.45, 2.75) is 0 Å². The number of benzene rings is 2. The Hall–Kier alpha value is -2.82. The first-order chi connectivity index (χ1) is 14.5. The fourth-order valence-electron chi connectivity index (χ4n) is 2.54. The van der Waals surface area contributed by atoms with Crippen molar-refractivity contribution in [3.63, 3.8) is 0 Å². The highest BCUT2D eigenvalue weighted by Gasteiger charge is 2.23. The number of sulfonamides is 1. The summed E-state index contributed by atoms with van der Waals surface area (Å²) in [5.74, 6) is -2.25. The van der Waals surface area contributed by atoms with Gasteiger partial charge in [-0.05, 0) is 36.4 Å². The van der Waals surface area contributed by atoms with Gasteiger partial charge >= 0.3 is 11.9 Å². The molecule has 0 bridgehead atoms. The first-order valence-corrected chi connectivity index (χ1v) is 11.1. The van der Waals surface area contributed by atoms with E-state index in [9.17, 15) is 22.8 Å². The zero-order chi connectivity index (χ0) is 23.3. The zero-order valence-electron chi connectivity index (χ0n) is 16.6. The lowest BCUT2D eigenvalue weighted by Crippen LogP contribution is -2.37. The molecule has 12 heteroatoms. The van der Waals surface area contributed by atoms with Crippen molar-refractivity contribution in [3.8, 4) is 0 Å². The molecular weight excluding hydrogens is 471 g/mol. The predicted octanol–water partition coefficient (Wildman–Crippen LogP) is 2.97. The van der Waals surface area contributed by atoms with Crippen molar-refractivity contribution in [3.05, 3.63) is 57.6 Å². The van der Waals surface area contributed by atoms with Crippen LogP contribution in [0.15, 0.2) is 36.4 Å². The molecule has 0 aliphatic carbocycles. The molecule has 0 radical (unpaired) electrons. The van der Waals surface area contributed by atoms with Gasteiger partial charge in [-0.25, -0.2) is 18.0 Å². The fourth-order valence-corrected chi connectivity index (χ4v) is 3.68. The van der Waals surface area contributed by atoms with Crippen molar-refractivity contribution in [1.82, 2.24) is 0 Å². The van der Waals surface area contributed by atoms with Crippen molar-refractivity contribution < 1.29 is 32.3 Å². The van der Waals surface area contributed by atoms with E-state index < -0.39 is 34.4 Å². The van der Waals surface area contributed by atoms with Gasteiger partial charge in [-0.3, -0.25) is 9.10 Å². The molecule has 9 nitrogen and oxygen atoms in total. The maximum absolute atomic E-state index is 12.7. The molecule has 2 aromatic carbocycles. The molecule has 0 fully saturated rings. The van der Waals surface area contributed by atoms with Crippen molar-refractivity contribution in [2.24, 2.45) is 0 Å². The largest absolute Gasteiger partial charge is 0.465 e. The molecule has 0 saturated heterocycles. The SMILES string of the molecule is COC(=O)c1ccc(C(=O)OC)c(NC(=O)CN(c2ccc(Cl)c(Cl)c2)S(C)(=O)=O)c1. The first-order valence-electron chi connectivity index (χ1n) is 8.51. The summed E-state index contributed by atoms with van der Waals surface area (Å²) >= 11 is 11.8. The van der Waals surface area contributed by atoms with Crippen molar-refractivity contribution >= 4 is 62.4 Å². The van der Waals surface area contributed by atoms with E-state index in [1.807, 2.05) is 0 Å². The third-order valence-electron chi connectivity index (χ3n) is 4.00. The van der Waals surface area contributed by atoms with Crippen molar-refractivity contribution in [2.75, 3.05) is 36.6 Å². The second kappa shape index (κ2) is 9.99. The molecule has 0 spiro atoms. The Morgan fingerprint density at radius 2 is 1.61 bits per heavy atom. The van der Waals surface area contributed by atoms with E-state index in [1.165, 1.54) is 43.5 Å².